The molecule has 0 amide bonds. The van der Waals surface area contributed by atoms with Crippen LogP contribution >= 0.6 is 0 Å². The first kappa shape index (κ1) is 15.8. The van der Waals surface area contributed by atoms with Crippen molar-refractivity contribution in [3.05, 3.63) is 0 Å². The molecule has 0 unspecified atom stereocenters. The van der Waals surface area contributed by atoms with Crippen molar-refractivity contribution in [1.29, 1.82) is 0 Å². The number of hydrogen-bond donors (Lipinski definition) is 1. The summed E-state index contributed by atoms with van der Waals surface area (Å²) in [5.74, 6) is -0.636. The Morgan fingerprint density at radius 3 is 2.68 bits per heavy atom. The molecule has 0 bridgehead atoms. The van der Waals surface area contributed by atoms with Gasteiger partial charge in [-0.25, -0.2) is 0 Å². The van der Waals surface area contributed by atoms with Gasteiger partial charge in [-0.05, 0) is 30.6 Å². The van der Waals surface area contributed by atoms with Gasteiger partial charge in [-0.3, -0.25) is 9.59 Å². The highest BCUT2D eigenvalue weighted by atomic mass is 16.5. The van der Waals surface area contributed by atoms with Gasteiger partial charge in [0.05, 0.1) is 18.6 Å². The summed E-state index contributed by atoms with van der Waals surface area (Å²) in [6, 6.07) is 0. The third-order valence-corrected chi connectivity index (χ3v) is 6.56. The number of rotatable bonds is 1. The van der Waals surface area contributed by atoms with E-state index in [1.54, 1.807) is 0 Å². The molecule has 1 aliphatic heterocycles. The van der Waals surface area contributed by atoms with Crippen molar-refractivity contribution in [1.82, 2.24) is 0 Å². The lowest BCUT2D eigenvalue weighted by molar-refractivity contribution is -0.193. The Bertz CT molecular complexity index is 499. The van der Waals surface area contributed by atoms with Crippen LogP contribution in [0.15, 0.2) is 0 Å². The number of ether oxygens (including phenoxy) is 2. The molecule has 0 aromatic rings. The van der Waals surface area contributed by atoms with Crippen LogP contribution in [0, 0.1) is 28.6 Å². The van der Waals surface area contributed by atoms with Crippen LogP contribution in [0.4, 0.5) is 0 Å². The van der Waals surface area contributed by atoms with Gasteiger partial charge in [-0.2, -0.15) is 0 Å². The quantitative estimate of drug-likeness (QED) is 0.749. The Labute approximate surface area is 131 Å². The van der Waals surface area contributed by atoms with Crippen molar-refractivity contribution >= 4 is 11.9 Å². The second-order valence-corrected chi connectivity index (χ2v) is 8.09. The van der Waals surface area contributed by atoms with Gasteiger partial charge in [0, 0.05) is 18.3 Å². The van der Waals surface area contributed by atoms with E-state index in [0.717, 1.165) is 12.8 Å². The fourth-order valence-electron chi connectivity index (χ4n) is 5.47. The number of esters is 2. The molecule has 124 valence electrons. The van der Waals surface area contributed by atoms with Crippen molar-refractivity contribution in [2.24, 2.45) is 28.6 Å². The van der Waals surface area contributed by atoms with Crippen molar-refractivity contribution in [3.8, 4) is 0 Å². The lowest BCUT2D eigenvalue weighted by atomic mass is 9.45. The molecule has 3 aliphatic rings. The zero-order valence-electron chi connectivity index (χ0n) is 13.8. The van der Waals surface area contributed by atoms with Crippen LogP contribution in [0.2, 0.25) is 0 Å². The average Bonchev–Trinajstić information content (AvgIpc) is 2.80. The molecule has 6 atom stereocenters. The fourth-order valence-corrected chi connectivity index (χ4v) is 5.47. The van der Waals surface area contributed by atoms with E-state index in [9.17, 15) is 14.7 Å². The SMILES string of the molecule is CC(=O)O[C@H]1CC[C@]2(C)[C@H]3C(=O)OC[C@H]3[C@@H](O)C[C@H]2C1(C)C. The van der Waals surface area contributed by atoms with Gasteiger partial charge in [0.1, 0.15) is 6.10 Å². The predicted molar refractivity (Wildman–Crippen MR) is 78.7 cm³/mol. The van der Waals surface area contributed by atoms with Crippen LogP contribution in [0.1, 0.15) is 47.0 Å². The molecule has 22 heavy (non-hydrogen) atoms. The number of carbonyl (C=O) groups excluding carboxylic acids is 2. The number of hydrogen-bond acceptors (Lipinski definition) is 5. The van der Waals surface area contributed by atoms with Crippen LogP contribution in [0.25, 0.3) is 0 Å². The maximum atomic E-state index is 12.3. The number of carbonyl (C=O) groups is 2. The number of aliphatic hydroxyl groups is 1. The molecule has 2 aliphatic carbocycles. The molecule has 0 aromatic carbocycles. The summed E-state index contributed by atoms with van der Waals surface area (Å²) in [7, 11) is 0. The zero-order chi connectivity index (χ0) is 16.3. The molecular formula is C17H26O5. The lowest BCUT2D eigenvalue weighted by Crippen LogP contribution is -2.60. The molecule has 3 fully saturated rings. The second kappa shape index (κ2) is 4.95. The van der Waals surface area contributed by atoms with E-state index in [1.807, 2.05) is 0 Å². The third kappa shape index (κ3) is 2.08. The lowest BCUT2D eigenvalue weighted by Gasteiger charge is -2.59. The summed E-state index contributed by atoms with van der Waals surface area (Å²) < 4.78 is 10.8. The minimum atomic E-state index is -0.523. The zero-order valence-corrected chi connectivity index (χ0v) is 13.8. The maximum absolute atomic E-state index is 12.3. The predicted octanol–water partition coefficient (Wildman–Crippen LogP) is 1.91. The highest BCUT2D eigenvalue weighted by Crippen LogP contribution is 2.62. The van der Waals surface area contributed by atoms with Crippen molar-refractivity contribution in [2.45, 2.75) is 59.2 Å². The van der Waals surface area contributed by atoms with E-state index >= 15 is 0 Å². The smallest absolute Gasteiger partial charge is 0.310 e. The van der Waals surface area contributed by atoms with Gasteiger partial charge in [0.15, 0.2) is 0 Å². The first-order valence-electron chi connectivity index (χ1n) is 8.20. The van der Waals surface area contributed by atoms with Gasteiger partial charge in [0.25, 0.3) is 0 Å². The van der Waals surface area contributed by atoms with E-state index in [2.05, 4.69) is 20.8 Å². The summed E-state index contributed by atoms with van der Waals surface area (Å²) in [5, 5.41) is 10.5. The molecule has 3 rings (SSSR count). The van der Waals surface area contributed by atoms with Crippen molar-refractivity contribution in [3.63, 3.8) is 0 Å². The normalized spacial score (nSPS) is 46.4. The summed E-state index contributed by atoms with van der Waals surface area (Å²) >= 11 is 0. The van der Waals surface area contributed by atoms with Crippen LogP contribution in [-0.4, -0.2) is 35.9 Å². The first-order chi connectivity index (χ1) is 10.2. The average molecular weight is 310 g/mol. The monoisotopic (exact) mass is 310 g/mol. The summed E-state index contributed by atoms with van der Waals surface area (Å²) in [6.45, 7) is 8.11. The summed E-state index contributed by atoms with van der Waals surface area (Å²) in [4.78, 5) is 23.7. The van der Waals surface area contributed by atoms with Crippen LogP contribution in [-0.2, 0) is 19.1 Å². The molecule has 1 heterocycles. The largest absolute Gasteiger partial charge is 0.465 e. The molecule has 5 nitrogen and oxygen atoms in total. The number of cyclic esters (lactones) is 1. The van der Waals surface area contributed by atoms with E-state index < -0.39 is 6.10 Å². The Morgan fingerprint density at radius 2 is 2.05 bits per heavy atom. The van der Waals surface area contributed by atoms with E-state index in [1.165, 1.54) is 6.92 Å². The number of aliphatic hydroxyl groups excluding tert-OH is 1. The second-order valence-electron chi connectivity index (χ2n) is 8.09. The molecule has 0 spiro atoms. The Morgan fingerprint density at radius 1 is 1.36 bits per heavy atom. The minimum absolute atomic E-state index is 0.0881. The Balaban J connectivity index is 1.96. The van der Waals surface area contributed by atoms with Gasteiger partial charge in [-0.1, -0.05) is 20.8 Å². The van der Waals surface area contributed by atoms with E-state index in [-0.39, 0.29) is 46.6 Å². The van der Waals surface area contributed by atoms with Crippen molar-refractivity contribution < 1.29 is 24.2 Å². The minimum Gasteiger partial charge on any atom is -0.465 e. The Kier molecular flexibility index (Phi) is 3.55. The van der Waals surface area contributed by atoms with Gasteiger partial charge in [0.2, 0.25) is 0 Å². The van der Waals surface area contributed by atoms with Gasteiger partial charge >= 0.3 is 11.9 Å². The van der Waals surface area contributed by atoms with Gasteiger partial charge in [-0.15, -0.1) is 0 Å². The van der Waals surface area contributed by atoms with E-state index in [4.69, 9.17) is 9.47 Å². The molecule has 1 N–H and O–H groups in total. The fraction of sp³-hybridized carbons (Fsp3) is 0.882. The standard InChI is InChI=1S/C17H26O5/c1-9(18)22-13-5-6-17(4)12(16(13,2)3)7-11(19)10-8-21-15(20)14(10)17/h10-14,19H,5-8H2,1-4H3/t10-,11-,12-,13-,14+,17-/m0/s1. The third-order valence-electron chi connectivity index (χ3n) is 6.56. The molecule has 1 saturated heterocycles. The van der Waals surface area contributed by atoms with Gasteiger partial charge < -0.3 is 14.6 Å². The molecular weight excluding hydrogens is 284 g/mol. The Hall–Kier alpha value is -1.10. The summed E-state index contributed by atoms with van der Waals surface area (Å²) in [6.07, 6.45) is 1.53. The van der Waals surface area contributed by atoms with Crippen LogP contribution < -0.4 is 0 Å². The number of fused-ring (bicyclic) bond motifs is 3. The van der Waals surface area contributed by atoms with E-state index in [0.29, 0.717) is 13.0 Å². The molecule has 0 aromatic heterocycles. The molecule has 0 radical (unpaired) electrons. The highest BCUT2D eigenvalue weighted by molar-refractivity contribution is 5.76. The molecule has 2 saturated carbocycles. The van der Waals surface area contributed by atoms with Crippen LogP contribution in [0.3, 0.4) is 0 Å². The first-order valence-corrected chi connectivity index (χ1v) is 8.20. The topological polar surface area (TPSA) is 72.8 Å². The molecule has 5 heteroatoms. The van der Waals surface area contributed by atoms with Crippen molar-refractivity contribution in [2.75, 3.05) is 6.61 Å². The summed E-state index contributed by atoms with van der Waals surface area (Å²) in [5.41, 5.74) is -0.467. The maximum Gasteiger partial charge on any atom is 0.310 e. The highest BCUT2D eigenvalue weighted by Gasteiger charge is 2.64. The van der Waals surface area contributed by atoms with Crippen LogP contribution in [0.5, 0.6) is 0 Å².